The molecule has 2 amide bonds. The molecule has 0 unspecified atom stereocenters. The number of nitrogens with one attached hydrogen (secondary N) is 2. The van der Waals surface area contributed by atoms with Gasteiger partial charge in [0.05, 0.1) is 18.6 Å². The molecule has 0 radical (unpaired) electrons. The van der Waals surface area contributed by atoms with Gasteiger partial charge in [-0.25, -0.2) is 0 Å². The van der Waals surface area contributed by atoms with Gasteiger partial charge in [0.15, 0.2) is 0 Å². The molecule has 0 aliphatic heterocycles. The van der Waals surface area contributed by atoms with E-state index in [1.54, 1.807) is 0 Å². The minimum Gasteiger partial charge on any atom is -0.492 e. The van der Waals surface area contributed by atoms with Crippen LogP contribution in [0.3, 0.4) is 0 Å². The van der Waals surface area contributed by atoms with Crippen LogP contribution in [0.25, 0.3) is 0 Å². The van der Waals surface area contributed by atoms with Crippen molar-refractivity contribution in [3.8, 4) is 5.75 Å². The molecular formula is C22H39N5O3S2. The molecule has 0 aliphatic rings. The predicted molar refractivity (Wildman–Crippen MR) is 136 cm³/mol. The van der Waals surface area contributed by atoms with E-state index in [1.807, 2.05) is 18.2 Å². The zero-order valence-corrected chi connectivity index (χ0v) is 20.5. The second-order valence-electron chi connectivity index (χ2n) is 7.67. The van der Waals surface area contributed by atoms with Gasteiger partial charge in [-0.15, -0.1) is 0 Å². The number of carbonyl (C=O) groups excluding carboxylic acids is 2. The summed E-state index contributed by atoms with van der Waals surface area (Å²) in [6.07, 6.45) is 4.36. The average molecular weight is 486 g/mol. The molecule has 1 aromatic carbocycles. The first-order valence-electron chi connectivity index (χ1n) is 11.2. The quantitative estimate of drug-likeness (QED) is 0.130. The van der Waals surface area contributed by atoms with Crippen molar-refractivity contribution in [3.63, 3.8) is 0 Å². The number of ether oxygens (including phenoxy) is 1. The predicted octanol–water partition coefficient (Wildman–Crippen LogP) is 1.11. The molecule has 1 aromatic rings. The Morgan fingerprint density at radius 2 is 1.47 bits per heavy atom. The van der Waals surface area contributed by atoms with Crippen molar-refractivity contribution >= 4 is 37.1 Å². The summed E-state index contributed by atoms with van der Waals surface area (Å²) < 4.78 is 5.69. The highest BCUT2D eigenvalue weighted by Gasteiger charge is 2.14. The van der Waals surface area contributed by atoms with Crippen molar-refractivity contribution in [3.05, 3.63) is 29.3 Å². The molecule has 0 bridgehead atoms. The maximum Gasteiger partial charge on any atom is 0.237 e. The van der Waals surface area contributed by atoms with Gasteiger partial charge in [-0.1, -0.05) is 12.5 Å². The molecule has 10 heteroatoms. The van der Waals surface area contributed by atoms with Crippen LogP contribution in [0.5, 0.6) is 5.75 Å². The van der Waals surface area contributed by atoms with Crippen molar-refractivity contribution in [1.29, 1.82) is 0 Å². The smallest absolute Gasteiger partial charge is 0.237 e. The van der Waals surface area contributed by atoms with Crippen LogP contribution >= 0.6 is 25.3 Å². The third-order valence-electron chi connectivity index (χ3n) is 5.07. The Kier molecular flexibility index (Phi) is 15.2. The van der Waals surface area contributed by atoms with Gasteiger partial charge >= 0.3 is 0 Å². The lowest BCUT2D eigenvalue weighted by atomic mass is 10.1. The standard InChI is InChI=1S/C22H39N5O3S2/c23-9-3-1-5-19(24)21(28)26-10-4-2-6-20(25)22(29)27-11-12-30-18-8-7-16(14-31)17(13-18)15-32/h7-8,13,19-20,31-32H,1-6,9-12,14-15,23-25H2,(H,26,28)(H,27,29)/t19-,20-/m0/s1. The fraction of sp³-hybridized carbons (Fsp3) is 0.636. The molecule has 0 heterocycles. The van der Waals surface area contributed by atoms with E-state index < -0.39 is 12.1 Å². The van der Waals surface area contributed by atoms with Crippen LogP contribution in [0.2, 0.25) is 0 Å². The average Bonchev–Trinajstić information content (AvgIpc) is 2.80. The number of rotatable bonds is 17. The molecule has 32 heavy (non-hydrogen) atoms. The zero-order chi connectivity index (χ0) is 23.8. The lowest BCUT2D eigenvalue weighted by molar-refractivity contribution is -0.123. The Bertz CT molecular complexity index is 694. The lowest BCUT2D eigenvalue weighted by Crippen LogP contribution is -2.42. The van der Waals surface area contributed by atoms with Gasteiger partial charge in [0.25, 0.3) is 0 Å². The highest BCUT2D eigenvalue weighted by Crippen LogP contribution is 2.20. The molecule has 182 valence electrons. The number of amides is 2. The van der Waals surface area contributed by atoms with Gasteiger partial charge in [-0.2, -0.15) is 25.3 Å². The molecule has 8 N–H and O–H groups in total. The number of thiol groups is 2. The first-order chi connectivity index (χ1) is 15.4. The molecule has 1 rings (SSSR count). The van der Waals surface area contributed by atoms with E-state index >= 15 is 0 Å². The number of hydrogen-bond donors (Lipinski definition) is 7. The van der Waals surface area contributed by atoms with Gasteiger partial charge in [-0.05, 0) is 61.9 Å². The van der Waals surface area contributed by atoms with Crippen molar-refractivity contribution in [2.45, 2.75) is 62.1 Å². The Morgan fingerprint density at radius 3 is 2.06 bits per heavy atom. The summed E-state index contributed by atoms with van der Waals surface area (Å²) in [7, 11) is 0. The van der Waals surface area contributed by atoms with Crippen LogP contribution in [0.15, 0.2) is 18.2 Å². The molecular weight excluding hydrogens is 446 g/mol. The summed E-state index contributed by atoms with van der Waals surface area (Å²) in [6.45, 7) is 1.85. The summed E-state index contributed by atoms with van der Waals surface area (Å²) in [5.41, 5.74) is 19.4. The van der Waals surface area contributed by atoms with E-state index in [-0.39, 0.29) is 11.8 Å². The van der Waals surface area contributed by atoms with E-state index in [4.69, 9.17) is 21.9 Å². The van der Waals surface area contributed by atoms with E-state index in [0.717, 1.165) is 42.6 Å². The van der Waals surface area contributed by atoms with Gasteiger partial charge < -0.3 is 32.6 Å². The minimum atomic E-state index is -0.588. The minimum absolute atomic E-state index is 0.147. The van der Waals surface area contributed by atoms with Crippen molar-refractivity contribution < 1.29 is 14.3 Å². The molecule has 0 aliphatic carbocycles. The van der Waals surface area contributed by atoms with E-state index in [1.165, 1.54) is 0 Å². The van der Waals surface area contributed by atoms with Gasteiger partial charge in [0.2, 0.25) is 11.8 Å². The second kappa shape index (κ2) is 17.1. The summed E-state index contributed by atoms with van der Waals surface area (Å²) in [5.74, 6) is 1.65. The highest BCUT2D eigenvalue weighted by molar-refractivity contribution is 7.79. The molecule has 0 saturated carbocycles. The topological polar surface area (TPSA) is 145 Å². The number of carbonyl (C=O) groups is 2. The van der Waals surface area contributed by atoms with Crippen LogP contribution < -0.4 is 32.6 Å². The fourth-order valence-corrected chi connectivity index (χ4v) is 3.67. The Labute approximate surface area is 202 Å². The first kappa shape index (κ1) is 28.6. The largest absolute Gasteiger partial charge is 0.492 e. The molecule has 0 saturated heterocycles. The molecule has 8 nitrogen and oxygen atoms in total. The van der Waals surface area contributed by atoms with Gasteiger partial charge in [-0.3, -0.25) is 9.59 Å². The molecule has 0 fully saturated rings. The van der Waals surface area contributed by atoms with E-state index in [2.05, 4.69) is 35.9 Å². The summed E-state index contributed by atoms with van der Waals surface area (Å²) in [4.78, 5) is 24.0. The summed E-state index contributed by atoms with van der Waals surface area (Å²) >= 11 is 8.63. The number of unbranched alkanes of at least 4 members (excludes halogenated alkanes) is 2. The normalized spacial score (nSPS) is 12.8. The lowest BCUT2D eigenvalue weighted by Gasteiger charge is -2.14. The Hall–Kier alpha value is -1.46. The first-order valence-corrected chi connectivity index (χ1v) is 12.4. The summed E-state index contributed by atoms with van der Waals surface area (Å²) in [5, 5.41) is 5.61. The Morgan fingerprint density at radius 1 is 0.875 bits per heavy atom. The number of benzene rings is 1. The van der Waals surface area contributed by atoms with Crippen molar-refractivity contribution in [1.82, 2.24) is 10.6 Å². The monoisotopic (exact) mass is 485 g/mol. The third kappa shape index (κ3) is 11.4. The van der Waals surface area contributed by atoms with E-state index in [0.29, 0.717) is 50.6 Å². The van der Waals surface area contributed by atoms with Gasteiger partial charge in [0, 0.05) is 18.1 Å². The Balaban J connectivity index is 2.15. The van der Waals surface area contributed by atoms with Crippen LogP contribution in [0, 0.1) is 0 Å². The summed E-state index contributed by atoms with van der Waals surface area (Å²) in [6, 6.07) is 4.72. The van der Waals surface area contributed by atoms with Crippen LogP contribution in [0.1, 0.15) is 49.7 Å². The number of nitrogens with two attached hydrogens (primary N) is 3. The number of hydrogen-bond acceptors (Lipinski definition) is 8. The molecule has 0 aromatic heterocycles. The van der Waals surface area contributed by atoms with E-state index in [9.17, 15) is 9.59 Å². The zero-order valence-electron chi connectivity index (χ0n) is 18.7. The third-order valence-corrected chi connectivity index (χ3v) is 5.75. The van der Waals surface area contributed by atoms with Crippen LogP contribution in [0.4, 0.5) is 0 Å². The van der Waals surface area contributed by atoms with Crippen molar-refractivity contribution in [2.75, 3.05) is 26.2 Å². The SMILES string of the molecule is NCCCC[C@H](N)C(=O)NCCCC[C@H](N)C(=O)NCCOc1ccc(CS)c(CS)c1. The maximum atomic E-state index is 12.1. The maximum absolute atomic E-state index is 12.1. The van der Waals surface area contributed by atoms with Gasteiger partial charge in [0.1, 0.15) is 12.4 Å². The van der Waals surface area contributed by atoms with Crippen LogP contribution in [-0.4, -0.2) is 50.1 Å². The van der Waals surface area contributed by atoms with Crippen LogP contribution in [-0.2, 0) is 21.1 Å². The van der Waals surface area contributed by atoms with Crippen molar-refractivity contribution in [2.24, 2.45) is 17.2 Å². The highest BCUT2D eigenvalue weighted by atomic mass is 32.1. The fourth-order valence-electron chi connectivity index (χ4n) is 3.07. The second-order valence-corrected chi connectivity index (χ2v) is 8.30. The molecule has 0 spiro atoms. The molecule has 2 atom stereocenters.